The molecular weight excluding hydrogens is 234 g/mol. The second-order valence-electron chi connectivity index (χ2n) is 3.56. The maximum Gasteiger partial charge on any atom is 0.208 e. The Morgan fingerprint density at radius 1 is 0.882 bits per heavy atom. The third-order valence-electron chi connectivity index (χ3n) is 2.50. The molecular formula is C13H13NO2S. The molecule has 0 bridgehead atoms. The van der Waals surface area contributed by atoms with Gasteiger partial charge in [0.05, 0.1) is 15.5 Å². The Kier molecular flexibility index (Phi) is 3.15. The summed E-state index contributed by atoms with van der Waals surface area (Å²) in [5.74, 6) is 0. The molecule has 0 heterocycles. The molecule has 0 saturated carbocycles. The van der Waals surface area contributed by atoms with Gasteiger partial charge in [-0.3, -0.25) is 0 Å². The van der Waals surface area contributed by atoms with E-state index in [-0.39, 0.29) is 0 Å². The van der Waals surface area contributed by atoms with Crippen molar-refractivity contribution in [2.75, 3.05) is 12.4 Å². The van der Waals surface area contributed by atoms with Gasteiger partial charge in [-0.2, -0.15) is 0 Å². The lowest BCUT2D eigenvalue weighted by Crippen LogP contribution is -2.05. The Bertz CT molecular complexity index is 606. The predicted octanol–water partition coefficient (Wildman–Crippen LogP) is 2.56. The zero-order valence-corrected chi connectivity index (χ0v) is 10.2. The number of para-hydroxylation sites is 1. The quantitative estimate of drug-likeness (QED) is 0.906. The van der Waals surface area contributed by atoms with E-state index in [1.54, 1.807) is 61.6 Å². The van der Waals surface area contributed by atoms with Crippen LogP contribution < -0.4 is 5.32 Å². The van der Waals surface area contributed by atoms with Gasteiger partial charge in [0.15, 0.2) is 0 Å². The minimum atomic E-state index is -3.44. The normalized spacial score (nSPS) is 11.1. The van der Waals surface area contributed by atoms with E-state index in [0.717, 1.165) is 0 Å². The SMILES string of the molecule is CNc1ccccc1S(=O)(=O)c1ccccc1. The molecule has 0 atom stereocenters. The van der Waals surface area contributed by atoms with Gasteiger partial charge in [0.2, 0.25) is 9.84 Å². The molecule has 2 aromatic rings. The highest BCUT2D eigenvalue weighted by Gasteiger charge is 2.19. The molecule has 0 saturated heterocycles. The van der Waals surface area contributed by atoms with Crippen LogP contribution in [-0.2, 0) is 9.84 Å². The van der Waals surface area contributed by atoms with E-state index in [0.29, 0.717) is 15.5 Å². The number of nitrogens with one attached hydrogen (secondary N) is 1. The lowest BCUT2D eigenvalue weighted by molar-refractivity contribution is 0.596. The number of rotatable bonds is 3. The van der Waals surface area contributed by atoms with Crippen LogP contribution >= 0.6 is 0 Å². The van der Waals surface area contributed by atoms with Gasteiger partial charge in [0, 0.05) is 7.05 Å². The fraction of sp³-hybridized carbons (Fsp3) is 0.0769. The van der Waals surface area contributed by atoms with Crippen molar-refractivity contribution in [1.82, 2.24) is 0 Å². The van der Waals surface area contributed by atoms with Crippen LogP contribution in [0.1, 0.15) is 0 Å². The van der Waals surface area contributed by atoms with Gasteiger partial charge in [-0.1, -0.05) is 30.3 Å². The van der Waals surface area contributed by atoms with Crippen molar-refractivity contribution in [2.24, 2.45) is 0 Å². The highest BCUT2D eigenvalue weighted by Crippen LogP contribution is 2.26. The van der Waals surface area contributed by atoms with Crippen molar-refractivity contribution in [1.29, 1.82) is 0 Å². The summed E-state index contributed by atoms with van der Waals surface area (Å²) < 4.78 is 24.7. The van der Waals surface area contributed by atoms with Crippen LogP contribution in [0.15, 0.2) is 64.4 Å². The van der Waals surface area contributed by atoms with E-state index in [4.69, 9.17) is 0 Å². The molecule has 0 aliphatic heterocycles. The average molecular weight is 247 g/mol. The number of sulfone groups is 1. The van der Waals surface area contributed by atoms with E-state index in [2.05, 4.69) is 5.32 Å². The molecule has 0 aliphatic carbocycles. The van der Waals surface area contributed by atoms with E-state index in [1.165, 1.54) is 0 Å². The smallest absolute Gasteiger partial charge is 0.208 e. The first-order chi connectivity index (χ1) is 8.16. The maximum absolute atomic E-state index is 12.4. The van der Waals surface area contributed by atoms with Crippen LogP contribution in [0.2, 0.25) is 0 Å². The van der Waals surface area contributed by atoms with E-state index in [9.17, 15) is 8.42 Å². The van der Waals surface area contributed by atoms with E-state index >= 15 is 0 Å². The molecule has 1 N–H and O–H groups in total. The Morgan fingerprint density at radius 2 is 1.47 bits per heavy atom. The molecule has 88 valence electrons. The standard InChI is InChI=1S/C13H13NO2S/c1-14-12-9-5-6-10-13(12)17(15,16)11-7-3-2-4-8-11/h2-10,14H,1H3. The van der Waals surface area contributed by atoms with Gasteiger partial charge in [-0.25, -0.2) is 8.42 Å². The Labute approximate surface area is 101 Å². The summed E-state index contributed by atoms with van der Waals surface area (Å²) in [5, 5.41) is 2.89. The summed E-state index contributed by atoms with van der Waals surface area (Å²) in [5.41, 5.74) is 0.608. The second kappa shape index (κ2) is 4.59. The summed E-state index contributed by atoms with van der Waals surface area (Å²) in [6, 6.07) is 15.3. The van der Waals surface area contributed by atoms with Crippen LogP contribution in [0.25, 0.3) is 0 Å². The predicted molar refractivity (Wildman–Crippen MR) is 67.9 cm³/mol. The highest BCUT2D eigenvalue weighted by molar-refractivity contribution is 7.91. The average Bonchev–Trinajstić information content (AvgIpc) is 2.39. The fourth-order valence-corrected chi connectivity index (χ4v) is 3.12. The van der Waals surface area contributed by atoms with Gasteiger partial charge in [0.25, 0.3) is 0 Å². The third kappa shape index (κ3) is 2.17. The first-order valence-electron chi connectivity index (χ1n) is 5.23. The van der Waals surface area contributed by atoms with Gasteiger partial charge in [0.1, 0.15) is 0 Å². The van der Waals surface area contributed by atoms with Gasteiger partial charge < -0.3 is 5.32 Å². The molecule has 0 radical (unpaired) electrons. The molecule has 3 nitrogen and oxygen atoms in total. The summed E-state index contributed by atoms with van der Waals surface area (Å²) in [7, 11) is -1.74. The minimum absolute atomic E-state index is 0.300. The molecule has 0 amide bonds. The van der Waals surface area contributed by atoms with Crippen LogP contribution in [0, 0.1) is 0 Å². The lowest BCUT2D eigenvalue weighted by atomic mass is 10.3. The minimum Gasteiger partial charge on any atom is -0.387 e. The second-order valence-corrected chi connectivity index (χ2v) is 5.48. The third-order valence-corrected chi connectivity index (χ3v) is 4.33. The number of hydrogen-bond acceptors (Lipinski definition) is 3. The summed E-state index contributed by atoms with van der Waals surface area (Å²) in [6.07, 6.45) is 0. The van der Waals surface area contributed by atoms with Crippen molar-refractivity contribution in [3.05, 3.63) is 54.6 Å². The Hall–Kier alpha value is -1.81. The number of benzene rings is 2. The van der Waals surface area contributed by atoms with Gasteiger partial charge in [-0.15, -0.1) is 0 Å². The molecule has 2 rings (SSSR count). The van der Waals surface area contributed by atoms with Crippen LogP contribution in [0.4, 0.5) is 5.69 Å². The highest BCUT2D eigenvalue weighted by atomic mass is 32.2. The fourth-order valence-electron chi connectivity index (χ4n) is 1.63. The molecule has 4 heteroatoms. The van der Waals surface area contributed by atoms with Crippen molar-refractivity contribution < 1.29 is 8.42 Å². The monoisotopic (exact) mass is 247 g/mol. The van der Waals surface area contributed by atoms with Crippen LogP contribution in [-0.4, -0.2) is 15.5 Å². The van der Waals surface area contributed by atoms with Crippen LogP contribution in [0.5, 0.6) is 0 Å². The summed E-state index contributed by atoms with van der Waals surface area (Å²) in [6.45, 7) is 0. The zero-order chi connectivity index (χ0) is 12.3. The summed E-state index contributed by atoms with van der Waals surface area (Å²) >= 11 is 0. The molecule has 2 aromatic carbocycles. The van der Waals surface area contributed by atoms with Gasteiger partial charge >= 0.3 is 0 Å². The molecule has 17 heavy (non-hydrogen) atoms. The van der Waals surface area contributed by atoms with Crippen molar-refractivity contribution in [2.45, 2.75) is 9.79 Å². The molecule has 0 fully saturated rings. The molecule has 0 unspecified atom stereocenters. The topological polar surface area (TPSA) is 46.2 Å². The lowest BCUT2D eigenvalue weighted by Gasteiger charge is -2.09. The first kappa shape index (κ1) is 11.7. The Balaban J connectivity index is 2.61. The van der Waals surface area contributed by atoms with Crippen molar-refractivity contribution >= 4 is 15.5 Å². The maximum atomic E-state index is 12.4. The number of anilines is 1. The molecule has 0 aromatic heterocycles. The Morgan fingerprint density at radius 3 is 2.12 bits per heavy atom. The van der Waals surface area contributed by atoms with E-state index in [1.807, 2.05) is 0 Å². The van der Waals surface area contributed by atoms with Crippen LogP contribution in [0.3, 0.4) is 0 Å². The van der Waals surface area contributed by atoms with Crippen molar-refractivity contribution in [3.63, 3.8) is 0 Å². The summed E-state index contributed by atoms with van der Waals surface area (Å²) in [4.78, 5) is 0.608. The van der Waals surface area contributed by atoms with Gasteiger partial charge in [-0.05, 0) is 24.3 Å². The molecule has 0 spiro atoms. The number of hydrogen-bond donors (Lipinski definition) is 1. The zero-order valence-electron chi connectivity index (χ0n) is 9.42. The molecule has 0 aliphatic rings. The first-order valence-corrected chi connectivity index (χ1v) is 6.71. The van der Waals surface area contributed by atoms with Crippen molar-refractivity contribution in [3.8, 4) is 0 Å². The largest absolute Gasteiger partial charge is 0.387 e. The van der Waals surface area contributed by atoms with E-state index < -0.39 is 9.84 Å².